The summed E-state index contributed by atoms with van der Waals surface area (Å²) in [5.41, 5.74) is 10.3. The van der Waals surface area contributed by atoms with Crippen LogP contribution >= 0.6 is 0 Å². The Bertz CT molecular complexity index is 341. The Morgan fingerprint density at radius 3 is 1.59 bits per heavy atom. The molecule has 2 aromatic rings. The quantitative estimate of drug-likeness (QED) is 0.575. The Morgan fingerprint density at radius 2 is 1.35 bits per heavy atom. The van der Waals surface area contributed by atoms with Crippen molar-refractivity contribution in [2.24, 2.45) is 5.73 Å². The number of nitrogens with two attached hydrogens (primary N) is 1. The largest absolute Gasteiger partial charge is 1.00 e. The Kier molecular flexibility index (Phi) is 10.9. The summed E-state index contributed by atoms with van der Waals surface area (Å²) in [6.07, 6.45) is 3.54. The van der Waals surface area contributed by atoms with Crippen molar-refractivity contribution in [1.82, 2.24) is 9.97 Å². The molecule has 0 aromatic carbocycles. The van der Waals surface area contributed by atoms with Crippen LogP contribution in [0.1, 0.15) is 0 Å². The van der Waals surface area contributed by atoms with Gasteiger partial charge in [-0.25, -0.2) is 0 Å². The number of nitrogens with zero attached hydrogens (tertiary/aromatic N) is 2. The third-order valence-electron chi connectivity index (χ3n) is 1.80. The predicted octanol–water partition coefficient (Wildman–Crippen LogP) is -2.67. The second-order valence-corrected chi connectivity index (χ2v) is 3.07. The van der Waals surface area contributed by atoms with Gasteiger partial charge >= 0.3 is 51.4 Å². The molecule has 0 bridgehead atoms. The summed E-state index contributed by atoms with van der Waals surface area (Å²) in [7, 11) is 0. The minimum atomic E-state index is 0. The molecule has 0 spiro atoms. The summed E-state index contributed by atoms with van der Waals surface area (Å²) < 4.78 is 0. The van der Waals surface area contributed by atoms with E-state index in [-0.39, 0.29) is 51.4 Å². The van der Waals surface area contributed by atoms with E-state index in [2.05, 4.69) is 15.7 Å². The molecule has 2 rings (SSSR count). The molecule has 0 saturated carbocycles. The molecule has 0 saturated heterocycles. The van der Waals surface area contributed by atoms with Gasteiger partial charge in [0.05, 0.1) is 17.9 Å². The van der Waals surface area contributed by atoms with Crippen LogP contribution in [0.3, 0.4) is 0 Å². The van der Waals surface area contributed by atoms with Gasteiger partial charge in [0.2, 0.25) is 0 Å². The van der Waals surface area contributed by atoms with Crippen LogP contribution < -0.4 is 62.9 Å². The smallest absolute Gasteiger partial charge is 0.357 e. The van der Waals surface area contributed by atoms with E-state index < -0.39 is 0 Å². The van der Waals surface area contributed by atoms with Crippen LogP contribution in [0.25, 0.3) is 11.4 Å². The standard InChI is InChI=1S/C10H8N2.C2H8N2.K/c1-3-7-11-9(5-1)10-6-2-4-8-12-10;3-1-2-4;/h1-8H;1-4H2;/q;;+1/p+1. The van der Waals surface area contributed by atoms with Crippen LogP contribution in [0, 0.1) is 0 Å². The first-order chi connectivity index (χ1) is 7.88. The van der Waals surface area contributed by atoms with Gasteiger partial charge in [0, 0.05) is 18.9 Å². The number of rotatable bonds is 2. The Morgan fingerprint density at radius 1 is 0.941 bits per heavy atom. The molecule has 84 valence electrons. The van der Waals surface area contributed by atoms with Crippen LogP contribution in [-0.4, -0.2) is 23.1 Å². The maximum Gasteiger partial charge on any atom is 1.00 e. The minimum Gasteiger partial charge on any atom is -0.357 e. The molecule has 0 atom stereocenters. The second-order valence-electron chi connectivity index (χ2n) is 3.07. The van der Waals surface area contributed by atoms with Gasteiger partial charge in [-0.15, -0.1) is 0 Å². The first-order valence-electron chi connectivity index (χ1n) is 5.20. The molecular formula is C12H17KN4+2. The van der Waals surface area contributed by atoms with Gasteiger partial charge in [-0.1, -0.05) is 12.1 Å². The number of pyridine rings is 2. The molecule has 4 nitrogen and oxygen atoms in total. The van der Waals surface area contributed by atoms with Crippen molar-refractivity contribution in [3.8, 4) is 11.4 Å². The van der Waals surface area contributed by atoms with E-state index in [9.17, 15) is 0 Å². The average molecular weight is 256 g/mol. The summed E-state index contributed by atoms with van der Waals surface area (Å²) in [6, 6.07) is 11.6. The van der Waals surface area contributed by atoms with Crippen LogP contribution in [0.15, 0.2) is 48.8 Å². The maximum absolute atomic E-state index is 4.97. The molecule has 0 aliphatic heterocycles. The fourth-order valence-corrected chi connectivity index (χ4v) is 1.03. The summed E-state index contributed by atoms with van der Waals surface area (Å²) in [5, 5.41) is 0. The van der Waals surface area contributed by atoms with E-state index >= 15 is 0 Å². The average Bonchev–Trinajstić information content (AvgIpc) is 2.41. The molecule has 5 N–H and O–H groups in total. The monoisotopic (exact) mass is 256 g/mol. The molecule has 2 heterocycles. The molecule has 0 aliphatic carbocycles. The number of aromatic nitrogens is 2. The molecule has 0 amide bonds. The van der Waals surface area contributed by atoms with Gasteiger partial charge in [0.25, 0.3) is 0 Å². The van der Waals surface area contributed by atoms with E-state index in [0.717, 1.165) is 17.9 Å². The number of hydrogen-bond donors (Lipinski definition) is 2. The predicted molar refractivity (Wildman–Crippen MR) is 64.3 cm³/mol. The zero-order valence-electron chi connectivity index (χ0n) is 10.2. The minimum absolute atomic E-state index is 0. The van der Waals surface area contributed by atoms with Crippen LogP contribution in [0.4, 0.5) is 0 Å². The van der Waals surface area contributed by atoms with E-state index in [0.29, 0.717) is 6.54 Å². The molecule has 0 unspecified atom stereocenters. The van der Waals surface area contributed by atoms with Crippen molar-refractivity contribution in [3.63, 3.8) is 0 Å². The molecule has 0 radical (unpaired) electrons. The molecular weight excluding hydrogens is 239 g/mol. The Labute approximate surface area is 144 Å². The molecule has 5 heteroatoms. The van der Waals surface area contributed by atoms with Crippen molar-refractivity contribution in [2.45, 2.75) is 0 Å². The van der Waals surface area contributed by atoms with E-state index in [1.807, 2.05) is 36.4 Å². The second kappa shape index (κ2) is 11.0. The fraction of sp³-hybridized carbons (Fsp3) is 0.167. The number of hydrogen-bond acceptors (Lipinski definition) is 3. The van der Waals surface area contributed by atoms with Crippen LogP contribution in [0.5, 0.6) is 0 Å². The van der Waals surface area contributed by atoms with Crippen LogP contribution in [0.2, 0.25) is 0 Å². The topological polar surface area (TPSA) is 79.4 Å². The summed E-state index contributed by atoms with van der Waals surface area (Å²) in [4.78, 5) is 8.37. The Hall–Kier alpha value is -0.144. The SMILES string of the molecule is NCC[NH3+].[K+].c1ccc(-c2ccccn2)nc1. The molecule has 0 aliphatic rings. The molecule has 2 aromatic heterocycles. The summed E-state index contributed by atoms with van der Waals surface area (Å²) in [5.74, 6) is 0. The van der Waals surface area contributed by atoms with E-state index in [1.165, 1.54) is 0 Å². The van der Waals surface area contributed by atoms with Crippen molar-refractivity contribution in [3.05, 3.63) is 48.8 Å². The van der Waals surface area contributed by atoms with Gasteiger partial charge in [0.15, 0.2) is 0 Å². The van der Waals surface area contributed by atoms with Gasteiger partial charge in [-0.05, 0) is 24.3 Å². The summed E-state index contributed by atoms with van der Waals surface area (Å²) in [6.45, 7) is 1.56. The van der Waals surface area contributed by atoms with Gasteiger partial charge < -0.3 is 11.5 Å². The van der Waals surface area contributed by atoms with Gasteiger partial charge in [-0.2, -0.15) is 0 Å². The van der Waals surface area contributed by atoms with Gasteiger partial charge in [-0.3, -0.25) is 9.97 Å². The normalized spacial score (nSPS) is 8.59. The summed E-state index contributed by atoms with van der Waals surface area (Å²) >= 11 is 0. The van der Waals surface area contributed by atoms with E-state index in [1.54, 1.807) is 12.4 Å². The van der Waals surface area contributed by atoms with Crippen molar-refractivity contribution >= 4 is 0 Å². The first kappa shape index (κ1) is 16.9. The van der Waals surface area contributed by atoms with Crippen molar-refractivity contribution < 1.29 is 57.1 Å². The fourth-order valence-electron chi connectivity index (χ4n) is 1.03. The van der Waals surface area contributed by atoms with Crippen molar-refractivity contribution in [2.75, 3.05) is 13.1 Å². The third kappa shape index (κ3) is 7.00. The molecule has 0 fully saturated rings. The zero-order chi connectivity index (χ0) is 11.6. The number of quaternary nitrogens is 1. The molecule has 17 heavy (non-hydrogen) atoms. The first-order valence-corrected chi connectivity index (χ1v) is 5.20. The van der Waals surface area contributed by atoms with E-state index in [4.69, 9.17) is 5.73 Å². The third-order valence-corrected chi connectivity index (χ3v) is 1.80. The Balaban J connectivity index is 0.000000453. The maximum atomic E-state index is 4.97. The van der Waals surface area contributed by atoms with Crippen molar-refractivity contribution in [1.29, 1.82) is 0 Å². The zero-order valence-corrected chi connectivity index (χ0v) is 13.3. The van der Waals surface area contributed by atoms with Gasteiger partial charge in [0.1, 0.15) is 0 Å². The van der Waals surface area contributed by atoms with Crippen LogP contribution in [-0.2, 0) is 0 Å².